The molecule has 0 fully saturated rings. The van der Waals surface area contributed by atoms with Gasteiger partial charge in [-0.25, -0.2) is 4.79 Å². The van der Waals surface area contributed by atoms with Crippen LogP contribution in [0.4, 0.5) is 4.79 Å². The second kappa shape index (κ2) is 8.47. The molecule has 3 nitrogen and oxygen atoms in total. The van der Waals surface area contributed by atoms with Crippen molar-refractivity contribution >= 4 is 35.3 Å². The monoisotopic (exact) mass is 334 g/mol. The molecule has 0 aliphatic heterocycles. The predicted molar refractivity (Wildman–Crippen MR) is 92.2 cm³/mol. The third kappa shape index (κ3) is 5.43. The van der Waals surface area contributed by atoms with E-state index in [2.05, 4.69) is 10.6 Å². The van der Waals surface area contributed by atoms with E-state index in [1.54, 1.807) is 18.3 Å². The summed E-state index contributed by atoms with van der Waals surface area (Å²) in [5.41, 5.74) is 1.93. The molecule has 2 amide bonds. The summed E-state index contributed by atoms with van der Waals surface area (Å²) < 4.78 is 0. The minimum absolute atomic E-state index is 0.259. The number of hydrogen-bond acceptors (Lipinski definition) is 1. The SMILES string of the molecule is O=C(N/C=C/c1cccc(Cl)c1)NCCc1ccccc1Cl. The van der Waals surface area contributed by atoms with Crippen LogP contribution in [-0.2, 0) is 6.42 Å². The van der Waals surface area contributed by atoms with Gasteiger partial charge in [0.15, 0.2) is 0 Å². The first-order valence-corrected chi connectivity index (χ1v) is 7.60. The summed E-state index contributed by atoms with van der Waals surface area (Å²) in [7, 11) is 0. The van der Waals surface area contributed by atoms with Gasteiger partial charge in [0.2, 0.25) is 0 Å². The summed E-state index contributed by atoms with van der Waals surface area (Å²) in [4.78, 5) is 11.6. The Morgan fingerprint density at radius 2 is 1.91 bits per heavy atom. The second-order valence-corrected chi connectivity index (χ2v) is 5.47. The van der Waals surface area contributed by atoms with E-state index in [1.807, 2.05) is 42.5 Å². The van der Waals surface area contributed by atoms with Crippen molar-refractivity contribution in [2.45, 2.75) is 6.42 Å². The van der Waals surface area contributed by atoms with Crippen LogP contribution < -0.4 is 10.6 Å². The normalized spacial score (nSPS) is 10.6. The van der Waals surface area contributed by atoms with Gasteiger partial charge in [-0.3, -0.25) is 0 Å². The van der Waals surface area contributed by atoms with Crippen molar-refractivity contribution in [3.8, 4) is 0 Å². The van der Waals surface area contributed by atoms with E-state index >= 15 is 0 Å². The molecule has 0 bridgehead atoms. The molecule has 0 aromatic heterocycles. The van der Waals surface area contributed by atoms with Gasteiger partial charge < -0.3 is 10.6 Å². The quantitative estimate of drug-likeness (QED) is 0.830. The zero-order valence-corrected chi connectivity index (χ0v) is 13.4. The third-order valence-corrected chi connectivity index (χ3v) is 3.58. The first kappa shape index (κ1) is 16.4. The van der Waals surface area contributed by atoms with Crippen molar-refractivity contribution in [1.82, 2.24) is 10.6 Å². The molecule has 0 saturated carbocycles. The lowest BCUT2D eigenvalue weighted by Gasteiger charge is -2.06. The van der Waals surface area contributed by atoms with Crippen LogP contribution in [0.15, 0.2) is 54.7 Å². The fraction of sp³-hybridized carbons (Fsp3) is 0.118. The Morgan fingerprint density at radius 3 is 2.68 bits per heavy atom. The lowest BCUT2D eigenvalue weighted by molar-refractivity contribution is 0.244. The number of hydrogen-bond donors (Lipinski definition) is 2. The summed E-state index contributed by atoms with van der Waals surface area (Å²) in [6, 6.07) is 14.7. The van der Waals surface area contributed by atoms with Crippen LogP contribution in [0.1, 0.15) is 11.1 Å². The number of carbonyl (C=O) groups excluding carboxylic acids is 1. The van der Waals surface area contributed by atoms with E-state index in [-0.39, 0.29) is 6.03 Å². The molecular formula is C17H16Cl2N2O. The molecule has 2 N–H and O–H groups in total. The van der Waals surface area contributed by atoms with E-state index in [1.165, 1.54) is 0 Å². The molecule has 2 aromatic rings. The molecule has 0 heterocycles. The van der Waals surface area contributed by atoms with E-state index in [0.717, 1.165) is 11.1 Å². The van der Waals surface area contributed by atoms with Crippen LogP contribution >= 0.6 is 23.2 Å². The summed E-state index contributed by atoms with van der Waals surface area (Å²) in [6.07, 6.45) is 4.04. The number of halogens is 2. The largest absolute Gasteiger partial charge is 0.338 e. The molecule has 2 aromatic carbocycles. The lowest BCUT2D eigenvalue weighted by atomic mass is 10.1. The van der Waals surface area contributed by atoms with Gasteiger partial charge in [0.1, 0.15) is 0 Å². The smallest absolute Gasteiger partial charge is 0.318 e. The summed E-state index contributed by atoms with van der Waals surface area (Å²) in [6.45, 7) is 0.514. The summed E-state index contributed by atoms with van der Waals surface area (Å²) in [5, 5.41) is 6.79. The average Bonchev–Trinajstić information content (AvgIpc) is 2.49. The number of urea groups is 1. The van der Waals surface area contributed by atoms with Crippen molar-refractivity contribution in [2.24, 2.45) is 0 Å². The molecular weight excluding hydrogens is 319 g/mol. The van der Waals surface area contributed by atoms with E-state index in [0.29, 0.717) is 23.0 Å². The van der Waals surface area contributed by atoms with Gasteiger partial charge in [-0.1, -0.05) is 53.5 Å². The summed E-state index contributed by atoms with van der Waals surface area (Å²) in [5.74, 6) is 0. The highest BCUT2D eigenvalue weighted by Crippen LogP contribution is 2.14. The highest BCUT2D eigenvalue weighted by molar-refractivity contribution is 6.31. The molecule has 0 aliphatic carbocycles. The average molecular weight is 335 g/mol. The maximum atomic E-state index is 11.6. The van der Waals surface area contributed by atoms with Gasteiger partial charge >= 0.3 is 6.03 Å². The van der Waals surface area contributed by atoms with Crippen LogP contribution in [0.2, 0.25) is 10.0 Å². The van der Waals surface area contributed by atoms with Crippen molar-refractivity contribution in [3.63, 3.8) is 0 Å². The zero-order valence-electron chi connectivity index (χ0n) is 11.9. The van der Waals surface area contributed by atoms with Crippen LogP contribution in [0.3, 0.4) is 0 Å². The lowest BCUT2D eigenvalue weighted by Crippen LogP contribution is -2.33. The number of carbonyl (C=O) groups is 1. The Kier molecular flexibility index (Phi) is 6.31. The first-order valence-electron chi connectivity index (χ1n) is 6.85. The third-order valence-electron chi connectivity index (χ3n) is 2.98. The molecule has 0 aliphatic rings. The van der Waals surface area contributed by atoms with Gasteiger partial charge in [0.05, 0.1) is 0 Å². The Morgan fingerprint density at radius 1 is 1.09 bits per heavy atom. The Balaban J connectivity index is 1.73. The fourth-order valence-corrected chi connectivity index (χ4v) is 2.32. The van der Waals surface area contributed by atoms with Gasteiger partial charge in [-0.2, -0.15) is 0 Å². The zero-order chi connectivity index (χ0) is 15.8. The fourth-order valence-electron chi connectivity index (χ4n) is 1.89. The van der Waals surface area contributed by atoms with E-state index in [9.17, 15) is 4.79 Å². The minimum Gasteiger partial charge on any atom is -0.338 e. The first-order chi connectivity index (χ1) is 10.6. The number of benzene rings is 2. The molecule has 0 atom stereocenters. The molecule has 2 rings (SSSR count). The van der Waals surface area contributed by atoms with Crippen molar-refractivity contribution in [3.05, 3.63) is 75.9 Å². The molecule has 114 valence electrons. The van der Waals surface area contributed by atoms with E-state index in [4.69, 9.17) is 23.2 Å². The van der Waals surface area contributed by atoms with Crippen LogP contribution in [0.5, 0.6) is 0 Å². The van der Waals surface area contributed by atoms with Crippen molar-refractivity contribution in [2.75, 3.05) is 6.54 Å². The van der Waals surface area contributed by atoms with E-state index < -0.39 is 0 Å². The highest BCUT2D eigenvalue weighted by atomic mass is 35.5. The maximum absolute atomic E-state index is 11.6. The minimum atomic E-state index is -0.259. The standard InChI is InChI=1S/C17H16Cl2N2O/c18-15-6-3-4-13(12-15)8-10-20-17(22)21-11-9-14-5-1-2-7-16(14)19/h1-8,10,12H,9,11H2,(H2,20,21,22)/b10-8+. The van der Waals surface area contributed by atoms with Crippen LogP contribution in [0.25, 0.3) is 6.08 Å². The molecule has 0 spiro atoms. The van der Waals surface area contributed by atoms with Crippen molar-refractivity contribution in [1.29, 1.82) is 0 Å². The van der Waals surface area contributed by atoms with Gasteiger partial charge in [0.25, 0.3) is 0 Å². The Hall–Kier alpha value is -1.97. The maximum Gasteiger partial charge on any atom is 0.318 e. The molecule has 0 saturated heterocycles. The number of rotatable bonds is 5. The molecule has 5 heteroatoms. The van der Waals surface area contributed by atoms with Crippen LogP contribution in [0, 0.1) is 0 Å². The molecule has 0 unspecified atom stereocenters. The second-order valence-electron chi connectivity index (χ2n) is 4.63. The Labute approximate surface area is 139 Å². The summed E-state index contributed by atoms with van der Waals surface area (Å²) >= 11 is 11.9. The number of nitrogens with one attached hydrogen (secondary N) is 2. The van der Waals surface area contributed by atoms with Gasteiger partial charge in [-0.05, 0) is 41.8 Å². The molecule has 0 radical (unpaired) electrons. The van der Waals surface area contributed by atoms with Crippen molar-refractivity contribution < 1.29 is 4.79 Å². The number of amides is 2. The molecule has 22 heavy (non-hydrogen) atoms. The topological polar surface area (TPSA) is 41.1 Å². The Bertz CT molecular complexity index is 671. The van der Waals surface area contributed by atoms with Gasteiger partial charge in [-0.15, -0.1) is 0 Å². The highest BCUT2D eigenvalue weighted by Gasteiger charge is 2.00. The van der Waals surface area contributed by atoms with Gasteiger partial charge in [0, 0.05) is 22.8 Å². The van der Waals surface area contributed by atoms with Crippen LogP contribution in [-0.4, -0.2) is 12.6 Å². The predicted octanol–water partition coefficient (Wildman–Crippen LogP) is 4.51.